The fourth-order valence-corrected chi connectivity index (χ4v) is 4.27. The molecule has 1 saturated heterocycles. The molecule has 1 amide bonds. The van der Waals surface area contributed by atoms with Gasteiger partial charge < -0.3 is 19.2 Å². The van der Waals surface area contributed by atoms with Crippen LogP contribution >= 0.6 is 0 Å². The molecule has 2 heterocycles. The van der Waals surface area contributed by atoms with Gasteiger partial charge >= 0.3 is 0 Å². The van der Waals surface area contributed by atoms with Crippen molar-refractivity contribution in [2.75, 3.05) is 33.9 Å². The zero-order valence-corrected chi connectivity index (χ0v) is 17.5. The van der Waals surface area contributed by atoms with Gasteiger partial charge in [-0.3, -0.25) is 9.69 Å². The number of amides is 1. The number of para-hydroxylation sites is 2. The average Bonchev–Trinajstić information content (AvgIpc) is 3.43. The van der Waals surface area contributed by atoms with Crippen molar-refractivity contribution in [2.24, 2.45) is 0 Å². The molecule has 0 spiro atoms. The van der Waals surface area contributed by atoms with Gasteiger partial charge in [-0.15, -0.1) is 0 Å². The molecule has 1 N–H and O–H groups in total. The Morgan fingerprint density at radius 2 is 1.83 bits per heavy atom. The highest BCUT2D eigenvalue weighted by atomic mass is 16.5. The van der Waals surface area contributed by atoms with Crippen molar-refractivity contribution in [2.45, 2.75) is 25.5 Å². The van der Waals surface area contributed by atoms with Crippen molar-refractivity contribution in [3.63, 3.8) is 0 Å². The van der Waals surface area contributed by atoms with Crippen molar-refractivity contribution >= 4 is 16.9 Å². The highest BCUT2D eigenvalue weighted by molar-refractivity contribution is 5.99. The monoisotopic (exact) mass is 408 g/mol. The van der Waals surface area contributed by atoms with E-state index in [1.54, 1.807) is 14.2 Å². The van der Waals surface area contributed by atoms with E-state index in [1.807, 2.05) is 42.5 Å². The third-order valence-corrected chi connectivity index (χ3v) is 5.73. The van der Waals surface area contributed by atoms with Crippen LogP contribution in [0.2, 0.25) is 0 Å². The van der Waals surface area contributed by atoms with Gasteiger partial charge in [0.25, 0.3) is 5.91 Å². The molecule has 4 rings (SSSR count). The Labute approximate surface area is 176 Å². The first-order valence-electron chi connectivity index (χ1n) is 10.4. The lowest BCUT2D eigenvalue weighted by Gasteiger charge is -2.29. The van der Waals surface area contributed by atoms with Gasteiger partial charge in [0.15, 0.2) is 5.76 Å². The van der Waals surface area contributed by atoms with Crippen LogP contribution in [0.4, 0.5) is 0 Å². The second kappa shape index (κ2) is 9.32. The second-order valence-corrected chi connectivity index (χ2v) is 7.55. The summed E-state index contributed by atoms with van der Waals surface area (Å²) < 4.78 is 16.8. The SMILES string of the molecule is COCc1c(C(=O)NC[C@H](c2ccccc2OC)N2CCCC2)oc2ccccc12. The number of carbonyl (C=O) groups is 1. The van der Waals surface area contributed by atoms with Gasteiger partial charge in [0.05, 0.1) is 19.8 Å². The Kier molecular flexibility index (Phi) is 6.35. The Morgan fingerprint density at radius 1 is 1.10 bits per heavy atom. The first-order chi connectivity index (χ1) is 14.7. The molecule has 0 radical (unpaired) electrons. The third kappa shape index (κ3) is 4.06. The zero-order chi connectivity index (χ0) is 20.9. The number of hydrogen-bond donors (Lipinski definition) is 1. The number of fused-ring (bicyclic) bond motifs is 1. The van der Waals surface area contributed by atoms with Gasteiger partial charge in [-0.2, -0.15) is 0 Å². The van der Waals surface area contributed by atoms with Crippen LogP contribution in [0.5, 0.6) is 5.75 Å². The largest absolute Gasteiger partial charge is 0.496 e. The predicted molar refractivity (Wildman–Crippen MR) is 116 cm³/mol. The van der Waals surface area contributed by atoms with E-state index in [2.05, 4.69) is 16.3 Å². The van der Waals surface area contributed by atoms with Crippen molar-refractivity contribution in [1.29, 1.82) is 0 Å². The molecule has 30 heavy (non-hydrogen) atoms. The second-order valence-electron chi connectivity index (χ2n) is 7.55. The Balaban J connectivity index is 1.59. The lowest BCUT2D eigenvalue weighted by Crippen LogP contribution is -2.37. The molecular formula is C24H28N2O4. The summed E-state index contributed by atoms with van der Waals surface area (Å²) in [5.41, 5.74) is 2.56. The van der Waals surface area contributed by atoms with Crippen LogP contribution in [0.15, 0.2) is 52.9 Å². The summed E-state index contributed by atoms with van der Waals surface area (Å²) in [6, 6.07) is 15.7. The van der Waals surface area contributed by atoms with Crippen molar-refractivity contribution in [1.82, 2.24) is 10.2 Å². The fourth-order valence-electron chi connectivity index (χ4n) is 4.27. The number of nitrogens with zero attached hydrogens (tertiary/aromatic N) is 1. The molecule has 0 aliphatic carbocycles. The number of furan rings is 1. The lowest BCUT2D eigenvalue weighted by molar-refractivity contribution is 0.0905. The van der Waals surface area contributed by atoms with Gasteiger partial charge in [0.1, 0.15) is 11.3 Å². The molecule has 1 atom stereocenters. The quantitative estimate of drug-likeness (QED) is 0.607. The number of hydrogen-bond acceptors (Lipinski definition) is 5. The fraction of sp³-hybridized carbons (Fsp3) is 0.375. The van der Waals surface area contributed by atoms with E-state index in [0.29, 0.717) is 24.5 Å². The smallest absolute Gasteiger partial charge is 0.287 e. The van der Waals surface area contributed by atoms with E-state index in [1.165, 1.54) is 12.8 Å². The molecule has 3 aromatic rings. The number of rotatable bonds is 8. The van der Waals surface area contributed by atoms with E-state index < -0.39 is 0 Å². The highest BCUT2D eigenvalue weighted by Crippen LogP contribution is 2.32. The summed E-state index contributed by atoms with van der Waals surface area (Å²) in [6.07, 6.45) is 2.34. The van der Waals surface area contributed by atoms with Gasteiger partial charge in [-0.25, -0.2) is 0 Å². The number of methoxy groups -OCH3 is 2. The minimum atomic E-state index is -0.225. The van der Waals surface area contributed by atoms with Gasteiger partial charge in [0, 0.05) is 30.2 Å². The number of nitrogens with one attached hydrogen (secondary N) is 1. The van der Waals surface area contributed by atoms with Crippen LogP contribution in [0.1, 0.15) is 40.6 Å². The third-order valence-electron chi connectivity index (χ3n) is 5.73. The van der Waals surface area contributed by atoms with Gasteiger partial charge in [-0.05, 0) is 38.1 Å². The van der Waals surface area contributed by atoms with E-state index in [4.69, 9.17) is 13.9 Å². The minimum absolute atomic E-state index is 0.0443. The molecule has 2 aromatic carbocycles. The zero-order valence-electron chi connectivity index (χ0n) is 17.5. The summed E-state index contributed by atoms with van der Waals surface area (Å²) in [6.45, 7) is 2.82. The van der Waals surface area contributed by atoms with Crippen LogP contribution in [0.25, 0.3) is 11.0 Å². The standard InChI is InChI=1S/C24H28N2O4/c1-28-16-19-17-9-3-6-12-22(17)30-23(19)24(27)25-15-20(26-13-7-8-14-26)18-10-4-5-11-21(18)29-2/h3-6,9-12,20H,7-8,13-16H2,1-2H3,(H,25,27)/t20-/m1/s1. The summed E-state index contributed by atoms with van der Waals surface area (Å²) in [4.78, 5) is 15.5. The molecule has 1 aromatic heterocycles. The topological polar surface area (TPSA) is 63.9 Å². The predicted octanol–water partition coefficient (Wildman–Crippen LogP) is 4.15. The Morgan fingerprint density at radius 3 is 2.60 bits per heavy atom. The molecular weight excluding hydrogens is 380 g/mol. The molecule has 1 aliphatic rings. The van der Waals surface area contributed by atoms with Crippen molar-refractivity contribution < 1.29 is 18.7 Å². The van der Waals surface area contributed by atoms with Crippen LogP contribution in [-0.2, 0) is 11.3 Å². The Hall–Kier alpha value is -2.83. The Bertz CT molecular complexity index is 1010. The van der Waals surface area contributed by atoms with Crippen LogP contribution in [0, 0.1) is 0 Å². The molecule has 0 bridgehead atoms. The maximum Gasteiger partial charge on any atom is 0.287 e. The number of ether oxygens (including phenoxy) is 2. The van der Waals surface area contributed by atoms with Crippen LogP contribution < -0.4 is 10.1 Å². The molecule has 0 unspecified atom stereocenters. The van der Waals surface area contributed by atoms with E-state index in [-0.39, 0.29) is 11.9 Å². The molecule has 1 fully saturated rings. The van der Waals surface area contributed by atoms with E-state index in [0.717, 1.165) is 35.4 Å². The molecule has 158 valence electrons. The van der Waals surface area contributed by atoms with Gasteiger partial charge in [0.2, 0.25) is 0 Å². The molecule has 6 heteroatoms. The van der Waals surface area contributed by atoms with Crippen molar-refractivity contribution in [3.05, 3.63) is 65.4 Å². The normalized spacial score (nSPS) is 15.4. The van der Waals surface area contributed by atoms with Crippen LogP contribution in [-0.4, -0.2) is 44.7 Å². The maximum atomic E-state index is 13.1. The summed E-state index contributed by atoms with van der Waals surface area (Å²) in [5.74, 6) is 0.933. The minimum Gasteiger partial charge on any atom is -0.496 e. The maximum absolute atomic E-state index is 13.1. The lowest BCUT2D eigenvalue weighted by atomic mass is 10.0. The molecule has 0 saturated carbocycles. The summed E-state index contributed by atoms with van der Waals surface area (Å²) in [5, 5.41) is 4.01. The summed E-state index contributed by atoms with van der Waals surface area (Å²) >= 11 is 0. The number of carbonyl (C=O) groups excluding carboxylic acids is 1. The van der Waals surface area contributed by atoms with Gasteiger partial charge in [-0.1, -0.05) is 36.4 Å². The number of benzene rings is 2. The highest BCUT2D eigenvalue weighted by Gasteiger charge is 2.27. The molecule has 1 aliphatic heterocycles. The van der Waals surface area contributed by atoms with E-state index in [9.17, 15) is 4.79 Å². The summed E-state index contributed by atoms with van der Waals surface area (Å²) in [7, 11) is 3.30. The molecule has 6 nitrogen and oxygen atoms in total. The first-order valence-corrected chi connectivity index (χ1v) is 10.4. The van der Waals surface area contributed by atoms with Crippen LogP contribution in [0.3, 0.4) is 0 Å². The first kappa shape index (κ1) is 20.4. The van der Waals surface area contributed by atoms with Crippen molar-refractivity contribution in [3.8, 4) is 5.75 Å². The van der Waals surface area contributed by atoms with E-state index >= 15 is 0 Å². The average molecular weight is 408 g/mol. The number of likely N-dealkylation sites (tertiary alicyclic amines) is 1.